The summed E-state index contributed by atoms with van der Waals surface area (Å²) >= 11 is 0. The van der Waals surface area contributed by atoms with Crippen molar-refractivity contribution < 1.29 is 9.47 Å². The lowest BCUT2D eigenvalue weighted by Crippen LogP contribution is -2.37. The number of aryl methyl sites for hydroxylation is 1. The summed E-state index contributed by atoms with van der Waals surface area (Å²) in [6.07, 6.45) is 1.81. The standard InChI is InChI=1S/C17H27NO2/c1-12-7-6-8-13(9-10-18)15(12)19-14-11-16(2,3)20-17(14,4)5/h6-8,14H,9-11,18H2,1-5H3. The summed E-state index contributed by atoms with van der Waals surface area (Å²) < 4.78 is 12.5. The highest BCUT2D eigenvalue weighted by Crippen LogP contribution is 2.40. The van der Waals surface area contributed by atoms with Gasteiger partial charge in [0.25, 0.3) is 0 Å². The predicted molar refractivity (Wildman–Crippen MR) is 82.2 cm³/mol. The fraction of sp³-hybridized carbons (Fsp3) is 0.647. The van der Waals surface area contributed by atoms with Crippen LogP contribution in [0.2, 0.25) is 0 Å². The second kappa shape index (κ2) is 5.38. The molecule has 2 rings (SSSR count). The zero-order valence-electron chi connectivity index (χ0n) is 13.3. The Balaban J connectivity index is 2.26. The molecule has 0 spiro atoms. The van der Waals surface area contributed by atoms with Crippen molar-refractivity contribution in [2.75, 3.05) is 6.54 Å². The fourth-order valence-electron chi connectivity index (χ4n) is 3.07. The summed E-state index contributed by atoms with van der Waals surface area (Å²) in [5.74, 6) is 0.984. The maximum Gasteiger partial charge on any atom is 0.130 e. The highest BCUT2D eigenvalue weighted by atomic mass is 16.6. The van der Waals surface area contributed by atoms with Crippen LogP contribution in [0.15, 0.2) is 18.2 Å². The van der Waals surface area contributed by atoms with Crippen LogP contribution in [0.3, 0.4) is 0 Å². The van der Waals surface area contributed by atoms with E-state index in [2.05, 4.69) is 52.8 Å². The zero-order chi connectivity index (χ0) is 15.0. The van der Waals surface area contributed by atoms with Crippen molar-refractivity contribution in [1.82, 2.24) is 0 Å². The highest BCUT2D eigenvalue weighted by molar-refractivity contribution is 5.41. The molecule has 3 nitrogen and oxygen atoms in total. The molecule has 0 radical (unpaired) electrons. The van der Waals surface area contributed by atoms with E-state index in [0.717, 1.165) is 24.2 Å². The molecule has 0 amide bonds. The summed E-state index contributed by atoms with van der Waals surface area (Å²) in [6, 6.07) is 6.25. The predicted octanol–water partition coefficient (Wildman–Crippen LogP) is 3.22. The summed E-state index contributed by atoms with van der Waals surface area (Å²) in [4.78, 5) is 0. The normalized spacial score (nSPS) is 23.8. The molecule has 1 heterocycles. The lowest BCUT2D eigenvalue weighted by atomic mass is 9.96. The molecule has 1 aliphatic rings. The van der Waals surface area contributed by atoms with Gasteiger partial charge in [0.05, 0.1) is 5.60 Å². The number of rotatable bonds is 4. The number of hydrogen-bond acceptors (Lipinski definition) is 3. The van der Waals surface area contributed by atoms with Gasteiger partial charge in [0.1, 0.15) is 17.5 Å². The van der Waals surface area contributed by atoms with E-state index >= 15 is 0 Å². The lowest BCUT2D eigenvalue weighted by Gasteiger charge is -2.28. The van der Waals surface area contributed by atoms with Crippen molar-refractivity contribution in [3.63, 3.8) is 0 Å². The topological polar surface area (TPSA) is 44.5 Å². The summed E-state index contributed by atoms with van der Waals surface area (Å²) in [7, 11) is 0. The van der Waals surface area contributed by atoms with Gasteiger partial charge in [-0.2, -0.15) is 0 Å². The van der Waals surface area contributed by atoms with E-state index in [1.165, 1.54) is 5.56 Å². The molecule has 1 unspecified atom stereocenters. The minimum atomic E-state index is -0.272. The second-order valence-electron chi connectivity index (χ2n) is 6.88. The van der Waals surface area contributed by atoms with Crippen molar-refractivity contribution >= 4 is 0 Å². The fourth-order valence-corrected chi connectivity index (χ4v) is 3.07. The molecule has 1 aromatic carbocycles. The Morgan fingerprint density at radius 2 is 2.00 bits per heavy atom. The molecule has 1 aromatic rings. The maximum absolute atomic E-state index is 6.36. The number of benzene rings is 1. The Hall–Kier alpha value is -1.06. The third-order valence-corrected chi connectivity index (χ3v) is 3.96. The number of ether oxygens (including phenoxy) is 2. The molecule has 112 valence electrons. The number of nitrogens with two attached hydrogens (primary N) is 1. The molecule has 1 saturated heterocycles. The van der Waals surface area contributed by atoms with Gasteiger partial charge >= 0.3 is 0 Å². The number of hydrogen-bond donors (Lipinski definition) is 1. The molecule has 1 fully saturated rings. The van der Waals surface area contributed by atoms with Crippen molar-refractivity contribution in [1.29, 1.82) is 0 Å². The average Bonchev–Trinajstić information content (AvgIpc) is 2.51. The molecule has 0 aliphatic carbocycles. The van der Waals surface area contributed by atoms with Gasteiger partial charge in [-0.1, -0.05) is 18.2 Å². The molecular formula is C17H27NO2. The van der Waals surface area contributed by atoms with E-state index in [-0.39, 0.29) is 17.3 Å². The maximum atomic E-state index is 6.36. The van der Waals surface area contributed by atoms with Crippen LogP contribution < -0.4 is 10.5 Å². The minimum absolute atomic E-state index is 0.0649. The Bertz CT molecular complexity index is 480. The van der Waals surface area contributed by atoms with Gasteiger partial charge in [-0.05, 0) is 58.7 Å². The average molecular weight is 277 g/mol. The number of para-hydroxylation sites is 1. The van der Waals surface area contributed by atoms with Crippen LogP contribution in [0.4, 0.5) is 0 Å². The Morgan fingerprint density at radius 1 is 1.30 bits per heavy atom. The van der Waals surface area contributed by atoms with Crippen LogP contribution in [0, 0.1) is 6.92 Å². The quantitative estimate of drug-likeness (QED) is 0.919. The molecule has 0 saturated carbocycles. The van der Waals surface area contributed by atoms with Crippen molar-refractivity contribution in [3.8, 4) is 5.75 Å². The first-order chi connectivity index (χ1) is 9.25. The molecule has 20 heavy (non-hydrogen) atoms. The Kier molecular flexibility index (Phi) is 4.12. The van der Waals surface area contributed by atoms with Gasteiger partial charge < -0.3 is 15.2 Å². The van der Waals surface area contributed by atoms with E-state index in [1.54, 1.807) is 0 Å². The summed E-state index contributed by atoms with van der Waals surface area (Å²) in [5, 5.41) is 0. The summed E-state index contributed by atoms with van der Waals surface area (Å²) in [6.45, 7) is 11.2. The van der Waals surface area contributed by atoms with E-state index in [1.807, 2.05) is 0 Å². The van der Waals surface area contributed by atoms with E-state index in [0.29, 0.717) is 6.54 Å². The molecular weight excluding hydrogens is 250 g/mol. The molecule has 3 heteroatoms. The van der Waals surface area contributed by atoms with Crippen LogP contribution in [0.25, 0.3) is 0 Å². The van der Waals surface area contributed by atoms with Crippen LogP contribution in [-0.4, -0.2) is 23.9 Å². The van der Waals surface area contributed by atoms with Gasteiger partial charge in [-0.25, -0.2) is 0 Å². The van der Waals surface area contributed by atoms with E-state index in [9.17, 15) is 0 Å². The van der Waals surface area contributed by atoms with Gasteiger partial charge in [0.2, 0.25) is 0 Å². The van der Waals surface area contributed by atoms with Gasteiger partial charge in [-0.3, -0.25) is 0 Å². The second-order valence-corrected chi connectivity index (χ2v) is 6.88. The first-order valence-electron chi connectivity index (χ1n) is 7.40. The molecule has 1 atom stereocenters. The van der Waals surface area contributed by atoms with Crippen LogP contribution in [0.1, 0.15) is 45.2 Å². The van der Waals surface area contributed by atoms with E-state index in [4.69, 9.17) is 15.2 Å². The minimum Gasteiger partial charge on any atom is -0.487 e. The van der Waals surface area contributed by atoms with E-state index < -0.39 is 0 Å². The van der Waals surface area contributed by atoms with Crippen LogP contribution >= 0.6 is 0 Å². The molecule has 0 bridgehead atoms. The van der Waals surface area contributed by atoms with Crippen molar-refractivity contribution in [2.45, 2.75) is 64.8 Å². The lowest BCUT2D eigenvalue weighted by molar-refractivity contribution is -0.0847. The third-order valence-electron chi connectivity index (χ3n) is 3.96. The molecule has 0 aromatic heterocycles. The third kappa shape index (κ3) is 3.15. The highest BCUT2D eigenvalue weighted by Gasteiger charge is 2.47. The van der Waals surface area contributed by atoms with Crippen LogP contribution in [0.5, 0.6) is 5.75 Å². The first-order valence-corrected chi connectivity index (χ1v) is 7.40. The molecule has 1 aliphatic heterocycles. The molecule has 2 N–H and O–H groups in total. The van der Waals surface area contributed by atoms with Gasteiger partial charge in [-0.15, -0.1) is 0 Å². The first kappa shape index (κ1) is 15.3. The van der Waals surface area contributed by atoms with Crippen LogP contribution in [-0.2, 0) is 11.2 Å². The smallest absolute Gasteiger partial charge is 0.130 e. The Morgan fingerprint density at radius 3 is 2.55 bits per heavy atom. The van der Waals surface area contributed by atoms with Gasteiger partial charge in [0, 0.05) is 6.42 Å². The van der Waals surface area contributed by atoms with Crippen molar-refractivity contribution in [3.05, 3.63) is 29.3 Å². The summed E-state index contributed by atoms with van der Waals surface area (Å²) in [5.41, 5.74) is 7.65. The van der Waals surface area contributed by atoms with Gasteiger partial charge in [0.15, 0.2) is 0 Å². The van der Waals surface area contributed by atoms with Crippen molar-refractivity contribution in [2.24, 2.45) is 5.73 Å². The Labute approximate surface area is 122 Å². The zero-order valence-corrected chi connectivity index (χ0v) is 13.3. The monoisotopic (exact) mass is 277 g/mol. The SMILES string of the molecule is Cc1cccc(CCN)c1OC1CC(C)(C)OC1(C)C. The largest absolute Gasteiger partial charge is 0.487 e.